The minimum absolute atomic E-state index is 0.149. The third-order valence-electron chi connectivity index (χ3n) is 5.74. The topological polar surface area (TPSA) is 67.6 Å². The van der Waals surface area contributed by atoms with Crippen LogP contribution in [0.25, 0.3) is 22.6 Å². The highest BCUT2D eigenvalue weighted by atomic mass is 35.5. The van der Waals surface area contributed by atoms with E-state index in [0.29, 0.717) is 18.2 Å². The molecule has 0 saturated heterocycles. The molecule has 1 N–H and O–H groups in total. The van der Waals surface area contributed by atoms with Crippen molar-refractivity contribution in [2.45, 2.75) is 13.3 Å². The number of nitrogens with zero attached hydrogens (tertiary/aromatic N) is 5. The Morgan fingerprint density at radius 3 is 2.82 bits per heavy atom. The monoisotopic (exact) mass is 478 g/mol. The maximum absolute atomic E-state index is 14.6. The number of hydrogen-bond donors (Lipinski definition) is 1. The maximum Gasteiger partial charge on any atom is 0.232 e. The summed E-state index contributed by atoms with van der Waals surface area (Å²) in [6.07, 6.45) is 4.83. The average Bonchev–Trinajstić information content (AvgIpc) is 3.29. The molecule has 0 spiro atoms. The number of benzene rings is 2. The van der Waals surface area contributed by atoms with Crippen molar-refractivity contribution in [3.8, 4) is 17.1 Å². The van der Waals surface area contributed by atoms with Crippen LogP contribution < -0.4 is 10.1 Å². The number of ether oxygens (including phenoxy) is 1. The number of nitrogens with one attached hydrogen (secondary N) is 1. The zero-order valence-electron chi connectivity index (χ0n) is 18.9. The van der Waals surface area contributed by atoms with Crippen LogP contribution >= 0.6 is 11.6 Å². The lowest BCUT2D eigenvalue weighted by molar-refractivity contribution is 0.338. The number of rotatable bonds is 6. The maximum atomic E-state index is 14.6. The summed E-state index contributed by atoms with van der Waals surface area (Å²) in [5, 5.41) is 7.84. The molecule has 0 bridgehead atoms. The lowest BCUT2D eigenvalue weighted by Gasteiger charge is -2.23. The summed E-state index contributed by atoms with van der Waals surface area (Å²) in [6, 6.07) is 12.2. The van der Waals surface area contributed by atoms with Gasteiger partial charge in [-0.3, -0.25) is 0 Å². The number of hydrogen-bond acceptors (Lipinski definition) is 6. The van der Waals surface area contributed by atoms with Crippen LogP contribution in [0.5, 0.6) is 5.75 Å². The fourth-order valence-corrected chi connectivity index (χ4v) is 4.26. The Hall–Kier alpha value is -3.49. The van der Waals surface area contributed by atoms with Crippen LogP contribution in [-0.4, -0.2) is 51.2 Å². The largest absolute Gasteiger partial charge is 0.493 e. The first-order chi connectivity index (χ1) is 16.5. The molecule has 0 unspecified atom stereocenters. The minimum Gasteiger partial charge on any atom is -0.493 e. The highest BCUT2D eigenvalue weighted by Gasteiger charge is 2.18. The van der Waals surface area contributed by atoms with Gasteiger partial charge in [-0.1, -0.05) is 23.7 Å². The van der Waals surface area contributed by atoms with Crippen LogP contribution in [0.4, 0.5) is 16.0 Å². The van der Waals surface area contributed by atoms with E-state index in [4.69, 9.17) is 16.3 Å². The van der Waals surface area contributed by atoms with Gasteiger partial charge in [0.15, 0.2) is 11.5 Å². The highest BCUT2D eigenvalue weighted by molar-refractivity contribution is 6.33. The van der Waals surface area contributed by atoms with Crippen molar-refractivity contribution in [1.29, 1.82) is 0 Å². The smallest absolute Gasteiger partial charge is 0.232 e. The van der Waals surface area contributed by atoms with Gasteiger partial charge in [-0.2, -0.15) is 14.6 Å². The van der Waals surface area contributed by atoms with E-state index in [-0.39, 0.29) is 16.4 Å². The van der Waals surface area contributed by atoms with Crippen LogP contribution in [0.15, 0.2) is 54.7 Å². The predicted molar refractivity (Wildman–Crippen MR) is 132 cm³/mol. The molecule has 0 fully saturated rings. The fraction of sp³-hybridized carbons (Fsp3) is 0.240. The van der Waals surface area contributed by atoms with Gasteiger partial charge in [-0.15, -0.1) is 0 Å². The van der Waals surface area contributed by atoms with E-state index in [1.807, 2.05) is 19.1 Å². The van der Waals surface area contributed by atoms with Crippen molar-refractivity contribution < 1.29 is 9.13 Å². The van der Waals surface area contributed by atoms with Crippen LogP contribution in [0.1, 0.15) is 18.9 Å². The number of aromatic nitrogens is 4. The van der Waals surface area contributed by atoms with Gasteiger partial charge < -0.3 is 15.0 Å². The summed E-state index contributed by atoms with van der Waals surface area (Å²) in [7, 11) is 2.12. The summed E-state index contributed by atoms with van der Waals surface area (Å²) in [6.45, 7) is 4.45. The summed E-state index contributed by atoms with van der Waals surface area (Å²) in [5.74, 6) is 0.873. The Balaban J connectivity index is 1.54. The lowest BCUT2D eigenvalue weighted by atomic mass is 9.98. The van der Waals surface area contributed by atoms with Crippen molar-refractivity contribution in [3.05, 3.63) is 71.1 Å². The molecule has 0 amide bonds. The van der Waals surface area contributed by atoms with Crippen LogP contribution in [0.3, 0.4) is 0 Å². The van der Waals surface area contributed by atoms with E-state index in [2.05, 4.69) is 44.5 Å². The summed E-state index contributed by atoms with van der Waals surface area (Å²) >= 11 is 6.27. The molecule has 5 rings (SSSR count). The first-order valence-corrected chi connectivity index (χ1v) is 11.5. The molecule has 9 heteroatoms. The standard InChI is InChI=1S/C25H24ClFN6O/c1-3-34-21-15-17(7-8-18(21)16-10-13-32(2)14-11-16)29-25-31-24(30-22-9-12-28-33(22)25)23-19(26)5-4-6-20(23)27/h4-10,12,15H,3,11,13-14H2,1-2H3,(H,29,30,31). The molecule has 2 aromatic carbocycles. The second kappa shape index (κ2) is 9.40. The molecular formula is C25H24ClFN6O. The van der Waals surface area contributed by atoms with Gasteiger partial charge in [-0.05, 0) is 50.2 Å². The van der Waals surface area contributed by atoms with Crippen molar-refractivity contribution in [2.75, 3.05) is 32.1 Å². The molecule has 34 heavy (non-hydrogen) atoms. The van der Waals surface area contributed by atoms with Gasteiger partial charge in [0.2, 0.25) is 5.95 Å². The molecule has 3 heterocycles. The molecule has 1 aliphatic rings. The Morgan fingerprint density at radius 2 is 2.06 bits per heavy atom. The third kappa shape index (κ3) is 4.34. The Kier molecular flexibility index (Phi) is 6.17. The summed E-state index contributed by atoms with van der Waals surface area (Å²) in [5.41, 5.74) is 3.80. The van der Waals surface area contributed by atoms with Gasteiger partial charge in [0, 0.05) is 36.5 Å². The zero-order valence-corrected chi connectivity index (χ0v) is 19.7. The Bertz CT molecular complexity index is 1370. The quantitative estimate of drug-likeness (QED) is 0.397. The van der Waals surface area contributed by atoms with Gasteiger partial charge in [0.25, 0.3) is 0 Å². The van der Waals surface area contributed by atoms with Crippen LogP contribution in [0.2, 0.25) is 5.02 Å². The Morgan fingerprint density at radius 1 is 1.18 bits per heavy atom. The number of likely N-dealkylation sites (N-methyl/N-ethyl adjacent to an activating group) is 1. The van der Waals surface area contributed by atoms with Crippen LogP contribution in [0, 0.1) is 5.82 Å². The van der Waals surface area contributed by atoms with Crippen molar-refractivity contribution in [1.82, 2.24) is 24.5 Å². The summed E-state index contributed by atoms with van der Waals surface area (Å²) in [4.78, 5) is 11.3. The molecule has 0 aliphatic carbocycles. The number of halogens is 2. The molecule has 174 valence electrons. The molecule has 7 nitrogen and oxygen atoms in total. The first kappa shape index (κ1) is 22.3. The molecule has 1 aliphatic heterocycles. The molecule has 0 radical (unpaired) electrons. The van der Waals surface area contributed by atoms with E-state index >= 15 is 0 Å². The molecule has 0 atom stereocenters. The fourth-order valence-electron chi connectivity index (χ4n) is 4.01. The minimum atomic E-state index is -0.489. The van der Waals surface area contributed by atoms with E-state index in [0.717, 1.165) is 36.5 Å². The van der Waals surface area contributed by atoms with Gasteiger partial charge in [0.1, 0.15) is 11.6 Å². The summed E-state index contributed by atoms with van der Waals surface area (Å²) < 4.78 is 22.1. The van der Waals surface area contributed by atoms with Gasteiger partial charge in [-0.25, -0.2) is 9.37 Å². The second-order valence-electron chi connectivity index (χ2n) is 8.08. The highest BCUT2D eigenvalue weighted by Crippen LogP contribution is 2.34. The van der Waals surface area contributed by atoms with Crippen molar-refractivity contribution in [3.63, 3.8) is 0 Å². The van der Waals surface area contributed by atoms with E-state index < -0.39 is 5.82 Å². The Labute approximate surface area is 201 Å². The first-order valence-electron chi connectivity index (χ1n) is 11.1. The third-order valence-corrected chi connectivity index (χ3v) is 6.05. The normalized spacial score (nSPS) is 14.3. The average molecular weight is 479 g/mol. The zero-order chi connectivity index (χ0) is 23.7. The predicted octanol–water partition coefficient (Wildman–Crippen LogP) is 5.45. The molecule has 2 aromatic heterocycles. The molecular weight excluding hydrogens is 455 g/mol. The van der Waals surface area contributed by atoms with E-state index in [1.165, 1.54) is 11.6 Å². The molecule has 0 saturated carbocycles. The van der Waals surface area contributed by atoms with Crippen molar-refractivity contribution >= 4 is 34.5 Å². The number of anilines is 2. The van der Waals surface area contributed by atoms with E-state index in [1.54, 1.807) is 28.9 Å². The molecule has 4 aromatic rings. The SMILES string of the molecule is CCOc1cc(Nc2nc(-c3c(F)cccc3Cl)nc3ccnn23)ccc1C1=CCN(C)CC1. The van der Waals surface area contributed by atoms with E-state index in [9.17, 15) is 4.39 Å². The second-order valence-corrected chi connectivity index (χ2v) is 8.49. The van der Waals surface area contributed by atoms with Crippen LogP contribution in [-0.2, 0) is 0 Å². The lowest BCUT2D eigenvalue weighted by Crippen LogP contribution is -2.23. The van der Waals surface area contributed by atoms with Crippen molar-refractivity contribution in [2.24, 2.45) is 0 Å². The number of fused-ring (bicyclic) bond motifs is 1. The van der Waals surface area contributed by atoms with Gasteiger partial charge >= 0.3 is 0 Å². The van der Waals surface area contributed by atoms with Gasteiger partial charge in [0.05, 0.1) is 23.4 Å².